The molecule has 2 N–H and O–H groups in total. The summed E-state index contributed by atoms with van der Waals surface area (Å²) in [5.41, 5.74) is 0. The van der Waals surface area contributed by atoms with E-state index in [1.54, 1.807) is 0 Å². The number of methoxy groups -OCH3 is 1. The number of aromatic nitrogens is 2. The highest BCUT2D eigenvalue weighted by Gasteiger charge is 2.06. The van der Waals surface area contributed by atoms with Gasteiger partial charge in [-0.15, -0.1) is 0 Å². The molecule has 1 rings (SSSR count). The van der Waals surface area contributed by atoms with Crippen molar-refractivity contribution >= 4 is 5.97 Å². The number of nitrogens with zero attached hydrogens (tertiary/aromatic N) is 1. The number of hydrogen-bond donors (Lipinski definition) is 2. The van der Waals surface area contributed by atoms with Crippen LogP contribution in [0.1, 0.15) is 10.6 Å². The van der Waals surface area contributed by atoms with Crippen molar-refractivity contribution in [2.45, 2.75) is 0 Å². The molecular formula is C5H6N2O3. The zero-order valence-corrected chi connectivity index (χ0v) is 5.29. The molecule has 0 aliphatic carbocycles. The van der Waals surface area contributed by atoms with E-state index in [1.165, 1.54) is 13.3 Å². The van der Waals surface area contributed by atoms with E-state index in [1.807, 2.05) is 0 Å². The smallest absolute Gasteiger partial charge is 0.372 e. The van der Waals surface area contributed by atoms with Crippen LogP contribution in [-0.4, -0.2) is 28.2 Å². The SMILES string of the molecule is COc1cnc(C(=O)O)[nH]1. The number of ether oxygens (including phenoxy) is 1. The van der Waals surface area contributed by atoms with Gasteiger partial charge in [-0.2, -0.15) is 0 Å². The van der Waals surface area contributed by atoms with Crippen molar-refractivity contribution in [3.63, 3.8) is 0 Å². The Morgan fingerprint density at radius 2 is 2.60 bits per heavy atom. The highest BCUT2D eigenvalue weighted by molar-refractivity contribution is 5.83. The van der Waals surface area contributed by atoms with E-state index < -0.39 is 5.97 Å². The Balaban J connectivity index is 2.88. The number of carboxylic acids is 1. The second-order valence-corrected chi connectivity index (χ2v) is 1.61. The van der Waals surface area contributed by atoms with Gasteiger partial charge >= 0.3 is 5.97 Å². The number of carboxylic acid groups (broad SMARTS) is 1. The summed E-state index contributed by atoms with van der Waals surface area (Å²) in [5, 5.41) is 8.34. The van der Waals surface area contributed by atoms with Crippen molar-refractivity contribution in [1.29, 1.82) is 0 Å². The van der Waals surface area contributed by atoms with Crippen LogP contribution >= 0.6 is 0 Å². The van der Waals surface area contributed by atoms with E-state index in [-0.39, 0.29) is 5.82 Å². The molecule has 5 heteroatoms. The van der Waals surface area contributed by atoms with Gasteiger partial charge in [0.1, 0.15) is 0 Å². The minimum atomic E-state index is -1.09. The standard InChI is InChI=1S/C5H6N2O3/c1-10-3-2-6-4(7-3)5(8)9/h2H,1H3,(H,6,7)(H,8,9). The molecule has 5 nitrogen and oxygen atoms in total. The Labute approximate surface area is 56.7 Å². The highest BCUT2D eigenvalue weighted by Crippen LogP contribution is 2.03. The normalized spacial score (nSPS) is 9.30. The summed E-state index contributed by atoms with van der Waals surface area (Å²) >= 11 is 0. The third-order valence-electron chi connectivity index (χ3n) is 0.975. The monoisotopic (exact) mass is 142 g/mol. The zero-order valence-electron chi connectivity index (χ0n) is 5.29. The maximum Gasteiger partial charge on any atom is 0.372 e. The molecular weight excluding hydrogens is 136 g/mol. The van der Waals surface area contributed by atoms with E-state index >= 15 is 0 Å². The van der Waals surface area contributed by atoms with Gasteiger partial charge in [-0.3, -0.25) is 0 Å². The number of rotatable bonds is 2. The average Bonchev–Trinajstić information content (AvgIpc) is 2.34. The molecule has 0 spiro atoms. The van der Waals surface area contributed by atoms with E-state index in [4.69, 9.17) is 5.11 Å². The van der Waals surface area contributed by atoms with Gasteiger partial charge in [0.15, 0.2) is 0 Å². The van der Waals surface area contributed by atoms with Crippen LogP contribution in [0.5, 0.6) is 5.88 Å². The van der Waals surface area contributed by atoms with Gasteiger partial charge in [0.05, 0.1) is 13.3 Å². The van der Waals surface area contributed by atoms with Gasteiger partial charge in [-0.1, -0.05) is 0 Å². The van der Waals surface area contributed by atoms with E-state index in [9.17, 15) is 4.79 Å². The van der Waals surface area contributed by atoms with Crippen LogP contribution in [0.3, 0.4) is 0 Å². The van der Waals surface area contributed by atoms with Gasteiger partial charge in [0.25, 0.3) is 0 Å². The molecule has 0 atom stereocenters. The third kappa shape index (κ3) is 1.07. The molecule has 0 aliphatic rings. The molecule has 0 radical (unpaired) electrons. The van der Waals surface area contributed by atoms with Crippen molar-refractivity contribution < 1.29 is 14.6 Å². The van der Waals surface area contributed by atoms with Crippen LogP contribution in [0.2, 0.25) is 0 Å². The fourth-order valence-corrected chi connectivity index (χ4v) is 0.517. The summed E-state index contributed by atoms with van der Waals surface area (Å²) in [6, 6.07) is 0. The second-order valence-electron chi connectivity index (χ2n) is 1.61. The summed E-state index contributed by atoms with van der Waals surface area (Å²) in [5.74, 6) is -0.863. The zero-order chi connectivity index (χ0) is 7.56. The van der Waals surface area contributed by atoms with Gasteiger partial charge in [-0.25, -0.2) is 9.78 Å². The minimum absolute atomic E-state index is 0.114. The van der Waals surface area contributed by atoms with Gasteiger partial charge in [-0.05, 0) is 0 Å². The molecule has 0 unspecified atom stereocenters. The number of aromatic amines is 1. The summed E-state index contributed by atoms with van der Waals surface area (Å²) in [4.78, 5) is 16.1. The molecule has 0 aliphatic heterocycles. The Hall–Kier alpha value is -1.52. The van der Waals surface area contributed by atoms with Gasteiger partial charge in [0.2, 0.25) is 11.7 Å². The number of hydrogen-bond acceptors (Lipinski definition) is 3. The Morgan fingerprint density at radius 1 is 1.90 bits per heavy atom. The molecule has 0 fully saturated rings. The van der Waals surface area contributed by atoms with Gasteiger partial charge in [0, 0.05) is 0 Å². The van der Waals surface area contributed by atoms with Crippen molar-refractivity contribution in [3.05, 3.63) is 12.0 Å². The number of imidazole rings is 1. The molecule has 1 heterocycles. The third-order valence-corrected chi connectivity index (χ3v) is 0.975. The van der Waals surface area contributed by atoms with Crippen molar-refractivity contribution in [3.8, 4) is 5.88 Å². The first-order valence-electron chi connectivity index (χ1n) is 2.56. The molecule has 0 amide bonds. The summed E-state index contributed by atoms with van der Waals surface area (Å²) < 4.78 is 4.66. The highest BCUT2D eigenvalue weighted by atomic mass is 16.5. The molecule has 0 aromatic carbocycles. The van der Waals surface area contributed by atoms with Crippen LogP contribution < -0.4 is 4.74 Å². The summed E-state index contributed by atoms with van der Waals surface area (Å²) in [6.45, 7) is 0. The molecule has 1 aromatic rings. The maximum atomic E-state index is 10.2. The molecule has 0 saturated heterocycles. The first kappa shape index (κ1) is 6.60. The Kier molecular flexibility index (Phi) is 1.57. The van der Waals surface area contributed by atoms with E-state index in [0.29, 0.717) is 5.88 Å². The predicted octanol–water partition coefficient (Wildman–Crippen LogP) is 0.116. The van der Waals surface area contributed by atoms with Crippen LogP contribution in [0.4, 0.5) is 0 Å². The maximum absolute atomic E-state index is 10.2. The number of nitrogens with one attached hydrogen (secondary N) is 1. The topological polar surface area (TPSA) is 75.2 Å². The van der Waals surface area contributed by atoms with Gasteiger partial charge < -0.3 is 14.8 Å². The molecule has 54 valence electrons. The Bertz CT molecular complexity index is 243. The lowest BCUT2D eigenvalue weighted by molar-refractivity contribution is 0.0684. The predicted molar refractivity (Wildman–Crippen MR) is 32.1 cm³/mol. The minimum Gasteiger partial charge on any atom is -0.481 e. The largest absolute Gasteiger partial charge is 0.481 e. The van der Waals surface area contributed by atoms with E-state index in [0.717, 1.165) is 0 Å². The molecule has 1 aromatic heterocycles. The summed E-state index contributed by atoms with van der Waals surface area (Å²) in [6.07, 6.45) is 1.31. The average molecular weight is 142 g/mol. The molecule has 10 heavy (non-hydrogen) atoms. The van der Waals surface area contributed by atoms with Crippen molar-refractivity contribution in [2.24, 2.45) is 0 Å². The quantitative estimate of drug-likeness (QED) is 0.614. The van der Waals surface area contributed by atoms with Crippen LogP contribution in [0.25, 0.3) is 0 Å². The van der Waals surface area contributed by atoms with Crippen LogP contribution in [0, 0.1) is 0 Å². The Morgan fingerprint density at radius 3 is 2.90 bits per heavy atom. The first-order valence-corrected chi connectivity index (χ1v) is 2.56. The number of aromatic carboxylic acids is 1. The fraction of sp³-hybridized carbons (Fsp3) is 0.200. The lowest BCUT2D eigenvalue weighted by Gasteiger charge is -1.88. The van der Waals surface area contributed by atoms with Crippen molar-refractivity contribution in [1.82, 2.24) is 9.97 Å². The van der Waals surface area contributed by atoms with Crippen LogP contribution in [0.15, 0.2) is 6.20 Å². The lowest BCUT2D eigenvalue weighted by Crippen LogP contribution is -1.98. The molecule has 0 bridgehead atoms. The lowest BCUT2D eigenvalue weighted by atomic mass is 10.6. The number of carbonyl (C=O) groups is 1. The van der Waals surface area contributed by atoms with Crippen LogP contribution in [-0.2, 0) is 0 Å². The second kappa shape index (κ2) is 2.38. The van der Waals surface area contributed by atoms with Crippen molar-refractivity contribution in [2.75, 3.05) is 7.11 Å². The first-order chi connectivity index (χ1) is 4.74. The summed E-state index contributed by atoms with van der Waals surface area (Å²) in [7, 11) is 1.43. The fourth-order valence-electron chi connectivity index (χ4n) is 0.517. The van der Waals surface area contributed by atoms with E-state index in [2.05, 4.69) is 14.7 Å². The number of H-pyrrole nitrogens is 1. The molecule has 0 saturated carbocycles.